The lowest BCUT2D eigenvalue weighted by atomic mass is 10.2. The van der Waals surface area contributed by atoms with Crippen LogP contribution < -0.4 is 21.5 Å². The number of hydrogen-bond donors (Lipinski definition) is 5. The average molecular weight is 402 g/mol. The number of aromatic amines is 1. The summed E-state index contributed by atoms with van der Waals surface area (Å²) in [5.41, 5.74) is 2.53. The Labute approximate surface area is 173 Å². The number of benzene rings is 1. The van der Waals surface area contributed by atoms with Crippen molar-refractivity contribution in [3.8, 4) is 0 Å². The standard InChI is InChI=1S/C22H22N6O2/c1-14-2-7-18(25-13-14)27-19-12-15-8-9-24-22(30)20(15)21(28-19)26-17-5-3-16(4-6-17)23-10-11-29/h2-9,12-13,23,29H,10-11H2,1H3,(H,24,30)(H2,25,26,27,28). The van der Waals surface area contributed by atoms with Crippen molar-refractivity contribution in [2.45, 2.75) is 6.92 Å². The Kier molecular flexibility index (Phi) is 5.58. The first kappa shape index (κ1) is 19.4. The van der Waals surface area contributed by atoms with E-state index in [1.807, 2.05) is 55.5 Å². The molecule has 4 rings (SSSR count). The predicted octanol–water partition coefficient (Wildman–Crippen LogP) is 3.52. The molecule has 0 saturated carbocycles. The molecule has 0 atom stereocenters. The summed E-state index contributed by atoms with van der Waals surface area (Å²) in [4.78, 5) is 24.1. The van der Waals surface area contributed by atoms with E-state index >= 15 is 0 Å². The molecule has 0 spiro atoms. The number of pyridine rings is 3. The van der Waals surface area contributed by atoms with E-state index < -0.39 is 0 Å². The SMILES string of the molecule is Cc1ccc(Nc2cc3cc[nH]c(=O)c3c(Nc3ccc(NCCO)cc3)n2)nc1. The lowest BCUT2D eigenvalue weighted by Gasteiger charge is -2.13. The van der Waals surface area contributed by atoms with Crippen molar-refractivity contribution in [3.05, 3.63) is 76.8 Å². The fraction of sp³-hybridized carbons (Fsp3) is 0.136. The summed E-state index contributed by atoms with van der Waals surface area (Å²) in [7, 11) is 0. The molecule has 0 fully saturated rings. The molecule has 5 N–H and O–H groups in total. The van der Waals surface area contributed by atoms with Gasteiger partial charge in [0.15, 0.2) is 0 Å². The first-order valence-electron chi connectivity index (χ1n) is 9.56. The molecule has 0 amide bonds. The molecule has 0 radical (unpaired) electrons. The molecule has 0 aliphatic heterocycles. The number of anilines is 5. The van der Waals surface area contributed by atoms with Gasteiger partial charge < -0.3 is 26.0 Å². The molecule has 3 aromatic heterocycles. The first-order valence-corrected chi connectivity index (χ1v) is 9.56. The molecule has 0 unspecified atom stereocenters. The van der Waals surface area contributed by atoms with E-state index in [1.165, 1.54) is 0 Å². The molecule has 0 aliphatic rings. The van der Waals surface area contributed by atoms with E-state index in [-0.39, 0.29) is 12.2 Å². The third-order valence-electron chi connectivity index (χ3n) is 4.51. The molecule has 1 aromatic carbocycles. The lowest BCUT2D eigenvalue weighted by Crippen LogP contribution is -2.10. The quantitative estimate of drug-likeness (QED) is 0.321. The van der Waals surface area contributed by atoms with Gasteiger partial charge in [0, 0.05) is 30.3 Å². The van der Waals surface area contributed by atoms with Gasteiger partial charge in [-0.3, -0.25) is 4.79 Å². The van der Waals surface area contributed by atoms with Crippen LogP contribution >= 0.6 is 0 Å². The summed E-state index contributed by atoms with van der Waals surface area (Å²) in [6, 6.07) is 15.0. The van der Waals surface area contributed by atoms with Gasteiger partial charge in [-0.25, -0.2) is 9.97 Å². The zero-order valence-corrected chi connectivity index (χ0v) is 16.4. The maximum Gasteiger partial charge on any atom is 0.259 e. The normalized spacial score (nSPS) is 10.7. The fourth-order valence-corrected chi connectivity index (χ4v) is 3.05. The molecule has 152 valence electrons. The van der Waals surface area contributed by atoms with Gasteiger partial charge in [-0.15, -0.1) is 0 Å². The van der Waals surface area contributed by atoms with Gasteiger partial charge >= 0.3 is 0 Å². The van der Waals surface area contributed by atoms with Crippen LogP contribution in [0.1, 0.15) is 5.56 Å². The third-order valence-corrected chi connectivity index (χ3v) is 4.51. The number of aliphatic hydroxyl groups excluding tert-OH is 1. The minimum Gasteiger partial charge on any atom is -0.395 e. The second kappa shape index (κ2) is 8.62. The van der Waals surface area contributed by atoms with Crippen molar-refractivity contribution in [3.63, 3.8) is 0 Å². The highest BCUT2D eigenvalue weighted by molar-refractivity contribution is 5.94. The third kappa shape index (κ3) is 4.39. The second-order valence-corrected chi connectivity index (χ2v) is 6.83. The van der Waals surface area contributed by atoms with Crippen molar-refractivity contribution >= 4 is 39.6 Å². The minimum atomic E-state index is -0.219. The maximum atomic E-state index is 12.5. The Morgan fingerprint density at radius 1 is 1.00 bits per heavy atom. The van der Waals surface area contributed by atoms with Gasteiger partial charge in [0.25, 0.3) is 5.56 Å². The van der Waals surface area contributed by atoms with Gasteiger partial charge in [-0.2, -0.15) is 0 Å². The van der Waals surface area contributed by atoms with Crippen molar-refractivity contribution in [2.24, 2.45) is 0 Å². The Morgan fingerprint density at radius 3 is 2.53 bits per heavy atom. The molecule has 4 aromatic rings. The van der Waals surface area contributed by atoms with E-state index in [2.05, 4.69) is 30.9 Å². The molecule has 3 heterocycles. The summed E-state index contributed by atoms with van der Waals surface area (Å²) in [6.45, 7) is 2.52. The number of aryl methyl sites for hydroxylation is 1. The zero-order chi connectivity index (χ0) is 20.9. The highest BCUT2D eigenvalue weighted by atomic mass is 16.3. The molecule has 0 bridgehead atoms. The number of aliphatic hydroxyl groups is 1. The van der Waals surface area contributed by atoms with Crippen molar-refractivity contribution in [1.29, 1.82) is 0 Å². The predicted molar refractivity (Wildman–Crippen MR) is 120 cm³/mol. The first-order chi connectivity index (χ1) is 14.6. The molecule has 30 heavy (non-hydrogen) atoms. The van der Waals surface area contributed by atoms with E-state index in [9.17, 15) is 4.79 Å². The smallest absolute Gasteiger partial charge is 0.259 e. The van der Waals surface area contributed by atoms with Crippen molar-refractivity contribution < 1.29 is 5.11 Å². The second-order valence-electron chi connectivity index (χ2n) is 6.83. The Hall–Kier alpha value is -3.91. The van der Waals surface area contributed by atoms with Crippen LogP contribution in [0.2, 0.25) is 0 Å². The number of hydrogen-bond acceptors (Lipinski definition) is 7. The highest BCUT2D eigenvalue weighted by Gasteiger charge is 2.11. The maximum absolute atomic E-state index is 12.5. The van der Waals surface area contributed by atoms with Crippen LogP contribution in [0, 0.1) is 6.92 Å². The number of H-pyrrole nitrogens is 1. The number of rotatable bonds is 7. The molecule has 0 aliphatic carbocycles. The largest absolute Gasteiger partial charge is 0.395 e. The molecular formula is C22H22N6O2. The van der Waals surface area contributed by atoms with E-state index in [1.54, 1.807) is 12.4 Å². The van der Waals surface area contributed by atoms with E-state index in [0.29, 0.717) is 29.4 Å². The zero-order valence-electron chi connectivity index (χ0n) is 16.4. The van der Waals surface area contributed by atoms with E-state index in [0.717, 1.165) is 22.3 Å². The number of aromatic nitrogens is 3. The molecule has 0 saturated heterocycles. The van der Waals surface area contributed by atoms with Crippen LogP contribution in [0.15, 0.2) is 65.7 Å². The summed E-state index contributed by atoms with van der Waals surface area (Å²) in [5, 5.41) is 19.7. The number of nitrogens with zero attached hydrogens (tertiary/aromatic N) is 2. The average Bonchev–Trinajstić information content (AvgIpc) is 2.75. The van der Waals surface area contributed by atoms with Crippen LogP contribution in [-0.2, 0) is 0 Å². The Bertz CT molecular complexity index is 1200. The molecule has 8 nitrogen and oxygen atoms in total. The fourth-order valence-electron chi connectivity index (χ4n) is 3.05. The lowest BCUT2D eigenvalue weighted by molar-refractivity contribution is 0.311. The summed E-state index contributed by atoms with van der Waals surface area (Å²) in [5.74, 6) is 1.69. The highest BCUT2D eigenvalue weighted by Crippen LogP contribution is 2.26. The van der Waals surface area contributed by atoms with Crippen LogP contribution in [-0.4, -0.2) is 33.2 Å². The van der Waals surface area contributed by atoms with Crippen LogP contribution in [0.25, 0.3) is 10.8 Å². The van der Waals surface area contributed by atoms with Crippen LogP contribution in [0.5, 0.6) is 0 Å². The van der Waals surface area contributed by atoms with Gasteiger partial charge in [-0.05, 0) is 60.3 Å². The molecular weight excluding hydrogens is 380 g/mol. The van der Waals surface area contributed by atoms with Gasteiger partial charge in [0.1, 0.15) is 17.5 Å². The van der Waals surface area contributed by atoms with Crippen LogP contribution in [0.4, 0.5) is 28.8 Å². The summed E-state index contributed by atoms with van der Waals surface area (Å²) in [6.07, 6.45) is 3.39. The number of nitrogens with one attached hydrogen (secondary N) is 4. The summed E-state index contributed by atoms with van der Waals surface area (Å²) < 4.78 is 0. The molecule has 8 heteroatoms. The van der Waals surface area contributed by atoms with Crippen molar-refractivity contribution in [2.75, 3.05) is 29.1 Å². The minimum absolute atomic E-state index is 0.0638. The van der Waals surface area contributed by atoms with Gasteiger partial charge in [0.2, 0.25) is 0 Å². The Balaban J connectivity index is 1.68. The van der Waals surface area contributed by atoms with E-state index in [4.69, 9.17) is 5.11 Å². The monoisotopic (exact) mass is 402 g/mol. The topological polar surface area (TPSA) is 115 Å². The van der Waals surface area contributed by atoms with Gasteiger partial charge in [-0.1, -0.05) is 6.07 Å². The van der Waals surface area contributed by atoms with Crippen LogP contribution in [0.3, 0.4) is 0 Å². The number of fused-ring (bicyclic) bond motifs is 1. The Morgan fingerprint density at radius 2 is 1.80 bits per heavy atom. The van der Waals surface area contributed by atoms with Gasteiger partial charge in [0.05, 0.1) is 12.0 Å². The summed E-state index contributed by atoms with van der Waals surface area (Å²) >= 11 is 0. The van der Waals surface area contributed by atoms with Crippen molar-refractivity contribution in [1.82, 2.24) is 15.0 Å².